The fourth-order valence-corrected chi connectivity index (χ4v) is 3.24. The lowest BCUT2D eigenvalue weighted by molar-refractivity contribution is 0.166. The zero-order valence-electron chi connectivity index (χ0n) is 14.7. The Bertz CT molecular complexity index is 696. The Kier molecular flexibility index (Phi) is 5.60. The Morgan fingerprint density at radius 3 is 2.52 bits per heavy atom. The number of aliphatic hydroxyl groups is 1. The van der Waals surface area contributed by atoms with Gasteiger partial charge in [0.2, 0.25) is 5.95 Å². The molecule has 0 spiro atoms. The van der Waals surface area contributed by atoms with E-state index in [9.17, 15) is 9.50 Å². The van der Waals surface area contributed by atoms with Crippen LogP contribution >= 0.6 is 0 Å². The number of anilines is 1. The molecule has 1 aliphatic heterocycles. The van der Waals surface area contributed by atoms with Crippen LogP contribution in [0.1, 0.15) is 35.9 Å². The second-order valence-corrected chi connectivity index (χ2v) is 6.69. The van der Waals surface area contributed by atoms with Crippen molar-refractivity contribution in [1.82, 2.24) is 15.3 Å². The van der Waals surface area contributed by atoms with Gasteiger partial charge in [-0.25, -0.2) is 14.4 Å². The van der Waals surface area contributed by atoms with Gasteiger partial charge in [-0.3, -0.25) is 0 Å². The van der Waals surface area contributed by atoms with Crippen molar-refractivity contribution in [3.05, 3.63) is 53.1 Å². The summed E-state index contributed by atoms with van der Waals surface area (Å²) >= 11 is 0. The summed E-state index contributed by atoms with van der Waals surface area (Å²) in [4.78, 5) is 11.3. The Hall–Kier alpha value is -2.05. The van der Waals surface area contributed by atoms with Gasteiger partial charge in [0.15, 0.2) is 0 Å². The zero-order valence-corrected chi connectivity index (χ0v) is 14.7. The maximum absolute atomic E-state index is 13.2. The molecule has 2 N–H and O–H groups in total. The van der Waals surface area contributed by atoms with Gasteiger partial charge in [-0.1, -0.05) is 12.1 Å². The van der Waals surface area contributed by atoms with Gasteiger partial charge >= 0.3 is 0 Å². The minimum atomic E-state index is -0.698. The summed E-state index contributed by atoms with van der Waals surface area (Å²) in [7, 11) is 0. The van der Waals surface area contributed by atoms with Gasteiger partial charge in [-0.15, -0.1) is 0 Å². The number of aliphatic hydroxyl groups excluding tert-OH is 1. The molecule has 1 aromatic heterocycles. The van der Waals surface area contributed by atoms with Crippen molar-refractivity contribution < 1.29 is 9.50 Å². The summed E-state index contributed by atoms with van der Waals surface area (Å²) in [5.41, 5.74) is 2.58. The van der Waals surface area contributed by atoms with Crippen molar-refractivity contribution in [2.45, 2.75) is 38.8 Å². The highest BCUT2D eigenvalue weighted by molar-refractivity contribution is 5.32. The van der Waals surface area contributed by atoms with Gasteiger partial charge in [-0.05, 0) is 50.5 Å². The summed E-state index contributed by atoms with van der Waals surface area (Å²) in [6.45, 7) is 6.17. The number of hydrogen-bond donors (Lipinski definition) is 2. The first-order valence-electron chi connectivity index (χ1n) is 8.75. The monoisotopic (exact) mass is 344 g/mol. The number of hydrogen-bond acceptors (Lipinski definition) is 5. The van der Waals surface area contributed by atoms with Gasteiger partial charge in [0, 0.05) is 37.1 Å². The molecule has 2 aromatic rings. The molecule has 0 unspecified atom stereocenters. The zero-order chi connectivity index (χ0) is 17.8. The van der Waals surface area contributed by atoms with E-state index in [0.29, 0.717) is 18.2 Å². The third kappa shape index (κ3) is 4.74. The molecule has 25 heavy (non-hydrogen) atoms. The van der Waals surface area contributed by atoms with E-state index in [0.717, 1.165) is 43.3 Å². The van der Waals surface area contributed by atoms with E-state index in [4.69, 9.17) is 0 Å². The molecule has 1 aromatic carbocycles. The lowest BCUT2D eigenvalue weighted by atomic mass is 10.0. The Balaban J connectivity index is 1.49. The molecule has 0 amide bonds. The van der Waals surface area contributed by atoms with Crippen LogP contribution in [0.3, 0.4) is 0 Å². The smallest absolute Gasteiger partial charge is 0.225 e. The summed E-state index contributed by atoms with van der Waals surface area (Å²) < 4.78 is 13.2. The molecular weight excluding hydrogens is 319 g/mol. The Morgan fingerprint density at radius 1 is 1.20 bits per heavy atom. The first-order valence-corrected chi connectivity index (χ1v) is 8.75. The van der Waals surface area contributed by atoms with Gasteiger partial charge in [0.25, 0.3) is 0 Å². The van der Waals surface area contributed by atoms with Crippen molar-refractivity contribution in [2.75, 3.05) is 24.5 Å². The predicted octanol–water partition coefficient (Wildman–Crippen LogP) is 2.52. The van der Waals surface area contributed by atoms with Gasteiger partial charge in [0.05, 0.1) is 6.10 Å². The average Bonchev–Trinajstić information content (AvgIpc) is 2.59. The number of rotatable bonds is 5. The van der Waals surface area contributed by atoms with Gasteiger partial charge in [0.1, 0.15) is 5.82 Å². The molecule has 1 saturated heterocycles. The largest absolute Gasteiger partial charge is 0.387 e. The molecule has 0 radical (unpaired) electrons. The first kappa shape index (κ1) is 17.8. The second kappa shape index (κ2) is 7.89. The highest BCUT2D eigenvalue weighted by Crippen LogP contribution is 2.18. The van der Waals surface area contributed by atoms with E-state index in [1.807, 2.05) is 19.9 Å². The maximum atomic E-state index is 13.2. The van der Waals surface area contributed by atoms with Crippen molar-refractivity contribution in [3.63, 3.8) is 0 Å². The second-order valence-electron chi connectivity index (χ2n) is 6.69. The minimum absolute atomic E-state index is 0.321. The molecule has 0 saturated carbocycles. The number of aromatic nitrogens is 2. The highest BCUT2D eigenvalue weighted by Gasteiger charge is 2.22. The SMILES string of the molecule is Cc1cc(C)nc(N2CCC(NC[C@H](O)c3cccc(F)c3)CC2)n1. The lowest BCUT2D eigenvalue weighted by Gasteiger charge is -2.33. The van der Waals surface area contributed by atoms with Crippen LogP contribution in [0.25, 0.3) is 0 Å². The van der Waals surface area contributed by atoms with Gasteiger partial charge < -0.3 is 15.3 Å². The van der Waals surface area contributed by atoms with E-state index in [2.05, 4.69) is 20.2 Å². The predicted molar refractivity (Wildman–Crippen MR) is 96.1 cm³/mol. The third-order valence-electron chi connectivity index (χ3n) is 4.58. The molecule has 6 heteroatoms. The van der Waals surface area contributed by atoms with Crippen LogP contribution in [-0.4, -0.2) is 40.8 Å². The standard InChI is InChI=1S/C19H25FN4O/c1-13-10-14(2)23-19(22-13)24-8-6-17(7-9-24)21-12-18(25)15-4-3-5-16(20)11-15/h3-5,10-11,17-18,21,25H,6-9,12H2,1-2H3/t18-/m0/s1. The van der Waals surface area contributed by atoms with Crippen molar-refractivity contribution in [1.29, 1.82) is 0 Å². The van der Waals surface area contributed by atoms with Crippen LogP contribution in [0, 0.1) is 19.7 Å². The maximum Gasteiger partial charge on any atom is 0.225 e. The summed E-state index contributed by atoms with van der Waals surface area (Å²) in [6.07, 6.45) is 1.23. The quantitative estimate of drug-likeness (QED) is 0.873. The number of nitrogens with zero attached hydrogens (tertiary/aromatic N) is 3. The number of benzene rings is 1. The number of piperidine rings is 1. The first-order chi connectivity index (χ1) is 12.0. The van der Waals surface area contributed by atoms with E-state index in [1.54, 1.807) is 12.1 Å². The number of aryl methyl sites for hydroxylation is 2. The number of nitrogens with one attached hydrogen (secondary N) is 1. The van der Waals surface area contributed by atoms with E-state index in [1.165, 1.54) is 12.1 Å². The summed E-state index contributed by atoms with van der Waals surface area (Å²) in [6, 6.07) is 8.45. The summed E-state index contributed by atoms with van der Waals surface area (Å²) in [5.74, 6) is 0.481. The Labute approximate surface area is 147 Å². The molecule has 1 atom stereocenters. The third-order valence-corrected chi connectivity index (χ3v) is 4.58. The topological polar surface area (TPSA) is 61.3 Å². The van der Waals surface area contributed by atoms with Crippen molar-refractivity contribution in [3.8, 4) is 0 Å². The summed E-state index contributed by atoms with van der Waals surface area (Å²) in [5, 5.41) is 13.6. The molecule has 2 heterocycles. The molecular formula is C19H25FN4O. The van der Waals surface area contributed by atoms with Crippen LogP contribution in [0.5, 0.6) is 0 Å². The molecule has 134 valence electrons. The van der Waals surface area contributed by atoms with Crippen LogP contribution in [0.2, 0.25) is 0 Å². The molecule has 3 rings (SSSR count). The van der Waals surface area contributed by atoms with Crippen LogP contribution < -0.4 is 10.2 Å². The van der Waals surface area contributed by atoms with E-state index < -0.39 is 6.10 Å². The van der Waals surface area contributed by atoms with Crippen LogP contribution in [0.4, 0.5) is 10.3 Å². The van der Waals surface area contributed by atoms with Crippen molar-refractivity contribution >= 4 is 5.95 Å². The fourth-order valence-electron chi connectivity index (χ4n) is 3.24. The van der Waals surface area contributed by atoms with Crippen LogP contribution in [0.15, 0.2) is 30.3 Å². The van der Waals surface area contributed by atoms with E-state index in [-0.39, 0.29) is 5.82 Å². The highest BCUT2D eigenvalue weighted by atomic mass is 19.1. The van der Waals surface area contributed by atoms with Gasteiger partial charge in [-0.2, -0.15) is 0 Å². The molecule has 0 bridgehead atoms. The number of halogens is 1. The molecule has 1 aliphatic rings. The van der Waals surface area contributed by atoms with Crippen molar-refractivity contribution in [2.24, 2.45) is 0 Å². The van der Waals surface area contributed by atoms with E-state index >= 15 is 0 Å². The fraction of sp³-hybridized carbons (Fsp3) is 0.474. The Morgan fingerprint density at radius 2 is 1.88 bits per heavy atom. The lowest BCUT2D eigenvalue weighted by Crippen LogP contribution is -2.44. The normalized spacial score (nSPS) is 16.9. The molecule has 5 nitrogen and oxygen atoms in total. The average molecular weight is 344 g/mol. The molecule has 0 aliphatic carbocycles. The minimum Gasteiger partial charge on any atom is -0.387 e. The van der Waals surface area contributed by atoms with Crippen LogP contribution in [-0.2, 0) is 0 Å². The molecule has 1 fully saturated rings.